The zero-order chi connectivity index (χ0) is 24.3. The van der Waals surface area contributed by atoms with Gasteiger partial charge in [0.2, 0.25) is 5.95 Å². The van der Waals surface area contributed by atoms with Crippen LogP contribution in [0.3, 0.4) is 0 Å². The Morgan fingerprint density at radius 3 is 2.74 bits per heavy atom. The van der Waals surface area contributed by atoms with Gasteiger partial charge in [-0.3, -0.25) is 9.48 Å². The van der Waals surface area contributed by atoms with Crippen molar-refractivity contribution in [3.05, 3.63) is 63.5 Å². The second-order valence-corrected chi connectivity index (χ2v) is 9.59. The number of halogens is 2. The van der Waals surface area contributed by atoms with Crippen LogP contribution in [0.5, 0.6) is 0 Å². The fraction of sp³-hybridized carbons (Fsp3) is 0.375. The molecule has 3 aromatic heterocycles. The first-order valence-corrected chi connectivity index (χ1v) is 11.9. The van der Waals surface area contributed by atoms with E-state index in [-0.39, 0.29) is 33.9 Å². The van der Waals surface area contributed by atoms with E-state index in [9.17, 15) is 9.18 Å². The third-order valence-electron chi connectivity index (χ3n) is 6.43. The number of rotatable bonds is 4. The molecule has 2 fully saturated rings. The highest BCUT2D eigenvalue weighted by molar-refractivity contribution is 6.30. The van der Waals surface area contributed by atoms with Crippen molar-refractivity contribution in [2.75, 3.05) is 18.0 Å². The fourth-order valence-electron chi connectivity index (χ4n) is 4.48. The maximum absolute atomic E-state index is 14.9. The smallest absolute Gasteiger partial charge is 0.293 e. The number of nitrogens with zero attached hydrogens (tertiary/aromatic N) is 7. The highest BCUT2D eigenvalue weighted by Crippen LogP contribution is 2.36. The van der Waals surface area contributed by atoms with E-state index in [1.54, 1.807) is 19.2 Å². The minimum absolute atomic E-state index is 0.117. The third kappa shape index (κ3) is 4.06. The summed E-state index contributed by atoms with van der Waals surface area (Å²) in [6.45, 7) is 2.97. The van der Waals surface area contributed by atoms with Gasteiger partial charge in [0.25, 0.3) is 5.56 Å². The van der Waals surface area contributed by atoms with E-state index in [2.05, 4.69) is 15.2 Å². The molecule has 1 aliphatic carbocycles. The lowest BCUT2D eigenvalue weighted by Crippen LogP contribution is -2.43. The number of morpholine rings is 1. The molecule has 2 atom stereocenters. The van der Waals surface area contributed by atoms with Crippen molar-refractivity contribution in [2.24, 2.45) is 7.05 Å². The van der Waals surface area contributed by atoms with Crippen molar-refractivity contribution in [1.29, 1.82) is 0 Å². The summed E-state index contributed by atoms with van der Waals surface area (Å²) < 4.78 is 24.4. The van der Waals surface area contributed by atoms with Gasteiger partial charge in [0.1, 0.15) is 17.4 Å². The fourth-order valence-corrected chi connectivity index (χ4v) is 4.64. The van der Waals surface area contributed by atoms with E-state index in [1.165, 1.54) is 16.9 Å². The molecule has 180 valence electrons. The van der Waals surface area contributed by atoms with Crippen LogP contribution in [0.2, 0.25) is 5.02 Å². The van der Waals surface area contributed by atoms with Crippen molar-refractivity contribution >= 4 is 28.5 Å². The van der Waals surface area contributed by atoms with Crippen molar-refractivity contribution in [3.63, 3.8) is 0 Å². The minimum Gasteiger partial charge on any atom is -0.367 e. The lowest BCUT2D eigenvalue weighted by molar-refractivity contribution is -0.0178. The lowest BCUT2D eigenvalue weighted by atomic mass is 10.1. The van der Waals surface area contributed by atoms with Gasteiger partial charge in [-0.15, -0.1) is 0 Å². The van der Waals surface area contributed by atoms with Crippen LogP contribution in [0, 0.1) is 5.82 Å². The molecule has 0 radical (unpaired) electrons. The number of fused-ring (bicyclic) bond motifs is 1. The number of benzene rings is 1. The maximum atomic E-state index is 14.9. The van der Waals surface area contributed by atoms with Crippen molar-refractivity contribution in [3.8, 4) is 11.3 Å². The standard InChI is InChI=1S/C24H23ClFN7O2/c1-13-10-32(12-20(35-13)14-8-28-33(11-14)16-4-5-16)24-29-21(17-6-3-15(25)7-19(17)26)18-9-27-31(2)23(34)22(18)30-24/h3,6-9,11,13,16,20H,4-5,10,12H2,1-2H3/t13-,20+/m1/s1. The Hall–Kier alpha value is -3.37. The molecule has 35 heavy (non-hydrogen) atoms. The van der Waals surface area contributed by atoms with Gasteiger partial charge < -0.3 is 9.64 Å². The van der Waals surface area contributed by atoms with E-state index >= 15 is 0 Å². The molecule has 4 heterocycles. The van der Waals surface area contributed by atoms with Gasteiger partial charge in [-0.05, 0) is 38.0 Å². The first-order valence-electron chi connectivity index (χ1n) is 11.5. The number of aromatic nitrogens is 6. The Kier molecular flexibility index (Phi) is 5.30. The van der Waals surface area contributed by atoms with E-state index in [4.69, 9.17) is 21.3 Å². The summed E-state index contributed by atoms with van der Waals surface area (Å²) in [5.41, 5.74) is 1.29. The van der Waals surface area contributed by atoms with Crippen LogP contribution in [0.15, 0.2) is 41.6 Å². The van der Waals surface area contributed by atoms with Gasteiger partial charge in [-0.25, -0.2) is 19.0 Å². The summed E-state index contributed by atoms with van der Waals surface area (Å²) in [6, 6.07) is 4.85. The molecule has 0 spiro atoms. The highest BCUT2D eigenvalue weighted by atomic mass is 35.5. The van der Waals surface area contributed by atoms with Gasteiger partial charge in [-0.2, -0.15) is 10.2 Å². The van der Waals surface area contributed by atoms with Gasteiger partial charge in [0.05, 0.1) is 42.2 Å². The van der Waals surface area contributed by atoms with Crippen LogP contribution in [-0.2, 0) is 11.8 Å². The van der Waals surface area contributed by atoms with Crippen LogP contribution in [0.4, 0.5) is 10.3 Å². The SMILES string of the molecule is C[C@@H]1CN(c2nc(-c3ccc(Cl)cc3F)c3cnn(C)c(=O)c3n2)C[C@@H](c2cnn(C3CC3)c2)O1. The summed E-state index contributed by atoms with van der Waals surface area (Å²) in [7, 11) is 1.55. The Morgan fingerprint density at radius 1 is 1.14 bits per heavy atom. The second kappa shape index (κ2) is 8.39. The van der Waals surface area contributed by atoms with E-state index in [0.717, 1.165) is 18.4 Å². The third-order valence-corrected chi connectivity index (χ3v) is 6.67. The van der Waals surface area contributed by atoms with Crippen LogP contribution >= 0.6 is 11.6 Å². The van der Waals surface area contributed by atoms with Gasteiger partial charge >= 0.3 is 0 Å². The molecule has 1 aromatic carbocycles. The molecule has 4 aromatic rings. The van der Waals surface area contributed by atoms with Crippen LogP contribution in [0.25, 0.3) is 22.2 Å². The Bertz CT molecular complexity index is 1500. The Labute approximate surface area is 205 Å². The van der Waals surface area contributed by atoms with E-state index < -0.39 is 5.82 Å². The highest BCUT2D eigenvalue weighted by Gasteiger charge is 2.31. The topological polar surface area (TPSA) is 91.0 Å². The summed E-state index contributed by atoms with van der Waals surface area (Å²) in [6.07, 6.45) is 7.31. The number of ether oxygens (including phenoxy) is 1. The molecular weight excluding hydrogens is 473 g/mol. The van der Waals surface area contributed by atoms with Crippen molar-refractivity contribution < 1.29 is 9.13 Å². The van der Waals surface area contributed by atoms with E-state index in [1.807, 2.05) is 28.9 Å². The molecule has 9 nitrogen and oxygen atoms in total. The first kappa shape index (κ1) is 22.1. The van der Waals surface area contributed by atoms with E-state index in [0.29, 0.717) is 36.2 Å². The van der Waals surface area contributed by atoms with Crippen molar-refractivity contribution in [2.45, 2.75) is 38.0 Å². The Balaban J connectivity index is 1.45. The molecule has 6 rings (SSSR count). The average molecular weight is 496 g/mol. The van der Waals surface area contributed by atoms with Gasteiger partial charge in [0, 0.05) is 35.9 Å². The van der Waals surface area contributed by atoms with Crippen LogP contribution < -0.4 is 10.5 Å². The zero-order valence-corrected chi connectivity index (χ0v) is 20.0. The van der Waals surface area contributed by atoms with Crippen LogP contribution in [0.1, 0.15) is 37.5 Å². The number of hydrogen-bond donors (Lipinski definition) is 0. The monoisotopic (exact) mass is 495 g/mol. The maximum Gasteiger partial charge on any atom is 0.293 e. The lowest BCUT2D eigenvalue weighted by Gasteiger charge is -2.36. The molecule has 2 aliphatic rings. The summed E-state index contributed by atoms with van der Waals surface area (Å²) in [4.78, 5) is 24.3. The predicted molar refractivity (Wildman–Crippen MR) is 129 cm³/mol. The molecule has 11 heteroatoms. The second-order valence-electron chi connectivity index (χ2n) is 9.16. The Morgan fingerprint density at radius 2 is 1.97 bits per heavy atom. The molecule has 0 bridgehead atoms. The molecule has 0 amide bonds. The van der Waals surface area contributed by atoms with Crippen LogP contribution in [-0.4, -0.2) is 48.7 Å². The van der Waals surface area contributed by atoms with Crippen molar-refractivity contribution in [1.82, 2.24) is 29.5 Å². The molecule has 1 saturated carbocycles. The molecule has 1 saturated heterocycles. The van der Waals surface area contributed by atoms with Gasteiger partial charge in [-0.1, -0.05) is 11.6 Å². The molecule has 1 aliphatic heterocycles. The first-order chi connectivity index (χ1) is 16.9. The summed E-state index contributed by atoms with van der Waals surface area (Å²) >= 11 is 5.97. The zero-order valence-electron chi connectivity index (χ0n) is 19.2. The summed E-state index contributed by atoms with van der Waals surface area (Å²) in [5.74, 6) is -0.204. The number of anilines is 1. The minimum atomic E-state index is -0.537. The quantitative estimate of drug-likeness (QED) is 0.426. The summed E-state index contributed by atoms with van der Waals surface area (Å²) in [5, 5.41) is 9.24. The number of hydrogen-bond acceptors (Lipinski definition) is 7. The number of aryl methyl sites for hydroxylation is 1. The molecular formula is C24H23ClFN7O2. The normalized spacial score (nSPS) is 20.5. The average Bonchev–Trinajstić information content (AvgIpc) is 3.57. The molecule has 0 unspecified atom stereocenters. The molecule has 0 N–H and O–H groups in total. The predicted octanol–water partition coefficient (Wildman–Crippen LogP) is 3.68. The largest absolute Gasteiger partial charge is 0.367 e. The van der Waals surface area contributed by atoms with Gasteiger partial charge in [0.15, 0.2) is 0 Å².